The topological polar surface area (TPSA) is 100 Å². The minimum Gasteiger partial charge on any atom is -0.495 e. The molecule has 1 amide bonds. The van der Waals surface area contributed by atoms with Gasteiger partial charge in [-0.15, -0.1) is 0 Å². The molecular weight excluding hydrogens is 320 g/mol. The fraction of sp³-hybridized carbons (Fsp3) is 0.111. The van der Waals surface area contributed by atoms with Crippen LogP contribution in [0.1, 0.15) is 15.9 Å². The van der Waals surface area contributed by atoms with Gasteiger partial charge in [-0.3, -0.25) is 14.2 Å². The average molecular weight is 336 g/mol. The first-order valence-electron chi connectivity index (χ1n) is 7.50. The molecule has 3 aromatic rings. The second-order valence-electron chi connectivity index (χ2n) is 5.35. The third-order valence-electron chi connectivity index (χ3n) is 3.85. The normalized spacial score (nSPS) is 10.5. The summed E-state index contributed by atoms with van der Waals surface area (Å²) < 4.78 is 6.71. The minimum absolute atomic E-state index is 0.134. The number of carbonyl (C=O) groups excluding carboxylic acids is 1. The maximum atomic E-state index is 13.0. The first kappa shape index (κ1) is 16.4. The predicted octanol–water partition coefficient (Wildman–Crippen LogP) is 1.71. The molecule has 0 unspecified atom stereocenters. The summed E-state index contributed by atoms with van der Waals surface area (Å²) in [7, 11) is 1.40. The molecule has 7 nitrogen and oxygen atoms in total. The van der Waals surface area contributed by atoms with Crippen molar-refractivity contribution in [3.63, 3.8) is 0 Å². The van der Waals surface area contributed by atoms with E-state index in [4.69, 9.17) is 10.5 Å². The van der Waals surface area contributed by atoms with Gasteiger partial charge in [0.25, 0.3) is 11.5 Å². The molecule has 0 fully saturated rings. The van der Waals surface area contributed by atoms with Crippen molar-refractivity contribution in [1.82, 2.24) is 14.5 Å². The molecule has 0 saturated heterocycles. The average Bonchev–Trinajstić information content (AvgIpc) is 2.64. The first-order valence-corrected chi connectivity index (χ1v) is 7.50. The number of aromatic nitrogens is 3. The van der Waals surface area contributed by atoms with Gasteiger partial charge in [-0.05, 0) is 12.5 Å². The van der Waals surface area contributed by atoms with Gasteiger partial charge in [0.2, 0.25) is 0 Å². The predicted molar refractivity (Wildman–Crippen MR) is 92.9 cm³/mol. The number of pyridine rings is 1. The third-order valence-corrected chi connectivity index (χ3v) is 3.85. The molecule has 126 valence electrons. The highest BCUT2D eigenvalue weighted by molar-refractivity contribution is 6.02. The molecule has 2 N–H and O–H groups in total. The minimum atomic E-state index is -0.690. The summed E-state index contributed by atoms with van der Waals surface area (Å²) in [5, 5.41) is 0. The van der Waals surface area contributed by atoms with Crippen LogP contribution in [0.15, 0.2) is 53.8 Å². The van der Waals surface area contributed by atoms with Crippen LogP contribution in [-0.2, 0) is 0 Å². The molecule has 2 aromatic heterocycles. The van der Waals surface area contributed by atoms with E-state index in [1.54, 1.807) is 19.1 Å². The van der Waals surface area contributed by atoms with Gasteiger partial charge in [-0.25, -0.2) is 9.97 Å². The van der Waals surface area contributed by atoms with Crippen molar-refractivity contribution >= 4 is 5.91 Å². The van der Waals surface area contributed by atoms with E-state index in [1.165, 1.54) is 30.4 Å². The Morgan fingerprint density at radius 3 is 2.36 bits per heavy atom. The molecular formula is C18H16N4O3. The smallest absolute Gasteiger partial charge is 0.262 e. The number of hydrogen-bond acceptors (Lipinski definition) is 5. The Balaban J connectivity index is 2.54. The Morgan fingerprint density at radius 2 is 1.80 bits per heavy atom. The van der Waals surface area contributed by atoms with Crippen LogP contribution in [0.3, 0.4) is 0 Å². The van der Waals surface area contributed by atoms with E-state index in [-0.39, 0.29) is 22.4 Å². The number of primary amides is 1. The number of rotatable bonds is 4. The third kappa shape index (κ3) is 2.76. The van der Waals surface area contributed by atoms with Crippen LogP contribution < -0.4 is 16.0 Å². The number of nitrogens with two attached hydrogens (primary N) is 1. The number of benzene rings is 1. The number of amides is 1. The van der Waals surface area contributed by atoms with Crippen LogP contribution in [0.25, 0.3) is 16.9 Å². The number of hydrogen-bond donors (Lipinski definition) is 1. The van der Waals surface area contributed by atoms with Gasteiger partial charge >= 0.3 is 0 Å². The number of ether oxygens (including phenoxy) is 1. The molecule has 0 saturated carbocycles. The van der Waals surface area contributed by atoms with Crippen molar-refractivity contribution in [3.05, 3.63) is 70.5 Å². The first-order chi connectivity index (χ1) is 12.1. The van der Waals surface area contributed by atoms with Crippen LogP contribution in [-0.4, -0.2) is 27.6 Å². The summed E-state index contributed by atoms with van der Waals surface area (Å²) in [5.41, 5.74) is 7.12. The fourth-order valence-electron chi connectivity index (χ4n) is 2.78. The van der Waals surface area contributed by atoms with Gasteiger partial charge in [0.1, 0.15) is 17.6 Å². The highest BCUT2D eigenvalue weighted by atomic mass is 16.5. The maximum absolute atomic E-state index is 13.0. The Bertz CT molecular complexity index is 983. The van der Waals surface area contributed by atoms with Gasteiger partial charge in [0, 0.05) is 0 Å². The van der Waals surface area contributed by atoms with E-state index in [9.17, 15) is 9.59 Å². The van der Waals surface area contributed by atoms with Gasteiger partial charge in [0.15, 0.2) is 0 Å². The lowest BCUT2D eigenvalue weighted by Crippen LogP contribution is -2.28. The molecule has 0 radical (unpaired) electrons. The summed E-state index contributed by atoms with van der Waals surface area (Å²) >= 11 is 0. The lowest BCUT2D eigenvalue weighted by Gasteiger charge is -2.20. The van der Waals surface area contributed by atoms with Crippen molar-refractivity contribution in [2.45, 2.75) is 6.92 Å². The van der Waals surface area contributed by atoms with Crippen LogP contribution in [0.4, 0.5) is 0 Å². The Morgan fingerprint density at radius 1 is 1.16 bits per heavy atom. The summed E-state index contributed by atoms with van der Waals surface area (Å²) in [6, 6.07) is 9.03. The van der Waals surface area contributed by atoms with Gasteiger partial charge in [0.05, 0.1) is 36.4 Å². The number of nitrogens with zero attached hydrogens (tertiary/aromatic N) is 3. The molecule has 0 atom stereocenters. The molecule has 0 aliphatic carbocycles. The summed E-state index contributed by atoms with van der Waals surface area (Å²) in [6.07, 6.45) is 4.36. The zero-order valence-electron chi connectivity index (χ0n) is 13.8. The fourth-order valence-corrected chi connectivity index (χ4v) is 2.78. The summed E-state index contributed by atoms with van der Waals surface area (Å²) in [5.74, 6) is -0.520. The van der Waals surface area contributed by atoms with Crippen molar-refractivity contribution in [3.8, 4) is 22.7 Å². The Kier molecular flexibility index (Phi) is 4.30. The van der Waals surface area contributed by atoms with Crippen molar-refractivity contribution < 1.29 is 9.53 Å². The zero-order valence-corrected chi connectivity index (χ0v) is 13.8. The Hall–Kier alpha value is -3.48. The van der Waals surface area contributed by atoms with Crippen molar-refractivity contribution in [2.75, 3.05) is 7.11 Å². The zero-order chi connectivity index (χ0) is 18.0. The second-order valence-corrected chi connectivity index (χ2v) is 5.35. The molecule has 0 aliphatic rings. The van der Waals surface area contributed by atoms with E-state index < -0.39 is 5.91 Å². The lowest BCUT2D eigenvalue weighted by atomic mass is 10.0. The molecule has 3 rings (SSSR count). The lowest BCUT2D eigenvalue weighted by molar-refractivity contribution is 0.0997. The number of methoxy groups -OCH3 is 1. The van der Waals surface area contributed by atoms with E-state index in [0.717, 1.165) is 0 Å². The van der Waals surface area contributed by atoms with Gasteiger partial charge in [-0.1, -0.05) is 30.3 Å². The van der Waals surface area contributed by atoms with E-state index in [2.05, 4.69) is 9.97 Å². The van der Waals surface area contributed by atoms with Crippen LogP contribution >= 0.6 is 0 Å². The second kappa shape index (κ2) is 6.56. The summed E-state index contributed by atoms with van der Waals surface area (Å²) in [4.78, 5) is 33.1. The van der Waals surface area contributed by atoms with E-state index >= 15 is 0 Å². The molecule has 7 heteroatoms. The quantitative estimate of drug-likeness (QED) is 0.782. The van der Waals surface area contributed by atoms with Crippen molar-refractivity contribution in [1.29, 1.82) is 0 Å². The Labute approximate surface area is 143 Å². The number of carbonyl (C=O) groups is 1. The largest absolute Gasteiger partial charge is 0.495 e. The van der Waals surface area contributed by atoms with Gasteiger partial charge in [-0.2, -0.15) is 0 Å². The van der Waals surface area contributed by atoms with E-state index in [1.807, 2.05) is 18.2 Å². The standard InChI is InChI=1S/C18H16N4O3/c1-11-16(25-2)14(17(19)23)15(12-6-4-3-5-7-12)22(18(11)24)13-8-20-10-21-9-13/h3-10H,1-2H3,(H2,19,23). The maximum Gasteiger partial charge on any atom is 0.262 e. The van der Waals surface area contributed by atoms with E-state index in [0.29, 0.717) is 16.9 Å². The van der Waals surface area contributed by atoms with Crippen LogP contribution in [0, 0.1) is 6.92 Å². The molecule has 0 spiro atoms. The summed E-state index contributed by atoms with van der Waals surface area (Å²) in [6.45, 7) is 1.59. The van der Waals surface area contributed by atoms with Gasteiger partial charge < -0.3 is 10.5 Å². The SMILES string of the molecule is COc1c(C(N)=O)c(-c2ccccc2)n(-c2cncnc2)c(=O)c1C. The highest BCUT2D eigenvalue weighted by Crippen LogP contribution is 2.32. The molecule has 2 heterocycles. The van der Waals surface area contributed by atoms with Crippen LogP contribution in [0.2, 0.25) is 0 Å². The molecule has 0 aliphatic heterocycles. The van der Waals surface area contributed by atoms with Crippen molar-refractivity contribution in [2.24, 2.45) is 5.73 Å². The monoisotopic (exact) mass is 336 g/mol. The highest BCUT2D eigenvalue weighted by Gasteiger charge is 2.25. The molecule has 1 aromatic carbocycles. The molecule has 25 heavy (non-hydrogen) atoms. The molecule has 0 bridgehead atoms. The van der Waals surface area contributed by atoms with Crippen LogP contribution in [0.5, 0.6) is 5.75 Å².